The number of aromatic nitrogens is 2. The molecule has 23 heavy (non-hydrogen) atoms. The molecule has 1 aromatic heterocycles. The van der Waals surface area contributed by atoms with Gasteiger partial charge < -0.3 is 15.4 Å². The number of morpholine rings is 1. The van der Waals surface area contributed by atoms with E-state index in [0.29, 0.717) is 6.54 Å². The van der Waals surface area contributed by atoms with Crippen LogP contribution in [0.5, 0.6) is 0 Å². The zero-order valence-corrected chi connectivity index (χ0v) is 16.8. The lowest BCUT2D eigenvalue weighted by molar-refractivity contribution is -0.00834. The summed E-state index contributed by atoms with van der Waals surface area (Å²) in [4.78, 5) is 6.74. The molecule has 0 bridgehead atoms. The van der Waals surface area contributed by atoms with Crippen molar-refractivity contribution in [3.05, 3.63) is 18.0 Å². The van der Waals surface area contributed by atoms with E-state index in [4.69, 9.17) is 4.74 Å². The molecule has 1 aromatic rings. The van der Waals surface area contributed by atoms with Crippen molar-refractivity contribution in [3.63, 3.8) is 0 Å². The Morgan fingerprint density at radius 3 is 2.61 bits per heavy atom. The average molecular weight is 436 g/mol. The van der Waals surface area contributed by atoms with Crippen molar-refractivity contribution in [1.82, 2.24) is 25.3 Å². The first-order valence-corrected chi connectivity index (χ1v) is 7.77. The molecule has 2 rings (SSSR count). The van der Waals surface area contributed by atoms with Crippen LogP contribution in [0.1, 0.15) is 19.5 Å². The van der Waals surface area contributed by atoms with E-state index in [0.717, 1.165) is 44.5 Å². The SMILES string of the molecule is CN=C(NCc1ccnn1C)NCC(C)(C)N1CCOCC1.I. The summed E-state index contributed by atoms with van der Waals surface area (Å²) in [6.07, 6.45) is 1.80. The second-order valence-electron chi connectivity index (χ2n) is 6.14. The summed E-state index contributed by atoms with van der Waals surface area (Å²) in [5.74, 6) is 0.808. The summed E-state index contributed by atoms with van der Waals surface area (Å²) in [6, 6.07) is 2.00. The zero-order chi connectivity index (χ0) is 16.0. The first-order valence-electron chi connectivity index (χ1n) is 7.77. The highest BCUT2D eigenvalue weighted by molar-refractivity contribution is 14.0. The molecule has 2 heterocycles. The molecule has 0 aliphatic carbocycles. The third-order valence-corrected chi connectivity index (χ3v) is 4.14. The van der Waals surface area contributed by atoms with Crippen molar-refractivity contribution >= 4 is 29.9 Å². The maximum Gasteiger partial charge on any atom is 0.191 e. The van der Waals surface area contributed by atoms with Gasteiger partial charge in [0.15, 0.2) is 5.96 Å². The van der Waals surface area contributed by atoms with Gasteiger partial charge in [0.2, 0.25) is 0 Å². The molecule has 2 N–H and O–H groups in total. The molecule has 132 valence electrons. The van der Waals surface area contributed by atoms with Crippen LogP contribution in [0.4, 0.5) is 0 Å². The fourth-order valence-corrected chi connectivity index (χ4v) is 2.55. The van der Waals surface area contributed by atoms with Gasteiger partial charge in [-0.15, -0.1) is 24.0 Å². The fraction of sp³-hybridized carbons (Fsp3) is 0.733. The molecule has 0 unspecified atom stereocenters. The predicted octanol–water partition coefficient (Wildman–Crippen LogP) is 0.814. The molecule has 8 heteroatoms. The number of ether oxygens (including phenoxy) is 1. The van der Waals surface area contributed by atoms with Gasteiger partial charge in [-0.1, -0.05) is 0 Å². The molecule has 1 aliphatic rings. The van der Waals surface area contributed by atoms with Crippen LogP contribution in [0.25, 0.3) is 0 Å². The van der Waals surface area contributed by atoms with E-state index in [1.165, 1.54) is 0 Å². The number of rotatable bonds is 5. The minimum atomic E-state index is 0. The lowest BCUT2D eigenvalue weighted by Gasteiger charge is -2.41. The molecule has 0 amide bonds. The van der Waals surface area contributed by atoms with Gasteiger partial charge in [-0.2, -0.15) is 5.10 Å². The molecule has 7 nitrogen and oxygen atoms in total. The Kier molecular flexibility index (Phi) is 8.27. The van der Waals surface area contributed by atoms with Gasteiger partial charge >= 0.3 is 0 Å². The van der Waals surface area contributed by atoms with E-state index in [-0.39, 0.29) is 29.5 Å². The molecule has 0 atom stereocenters. The van der Waals surface area contributed by atoms with Crippen molar-refractivity contribution in [2.24, 2.45) is 12.0 Å². The average Bonchev–Trinajstić information content (AvgIpc) is 2.93. The van der Waals surface area contributed by atoms with Crippen molar-refractivity contribution < 1.29 is 4.74 Å². The molecular weight excluding hydrogens is 407 g/mol. The highest BCUT2D eigenvalue weighted by atomic mass is 127. The van der Waals surface area contributed by atoms with Crippen molar-refractivity contribution in [3.8, 4) is 0 Å². The quantitative estimate of drug-likeness (QED) is 0.407. The van der Waals surface area contributed by atoms with Crippen molar-refractivity contribution in [2.75, 3.05) is 39.9 Å². The molecule has 0 aromatic carbocycles. The second kappa shape index (κ2) is 9.43. The lowest BCUT2D eigenvalue weighted by atomic mass is 10.0. The molecule has 0 saturated carbocycles. The fourth-order valence-electron chi connectivity index (χ4n) is 2.55. The number of hydrogen-bond donors (Lipinski definition) is 2. The van der Waals surface area contributed by atoms with Crippen LogP contribution in [-0.2, 0) is 18.3 Å². The number of nitrogens with zero attached hydrogens (tertiary/aromatic N) is 4. The maximum atomic E-state index is 5.43. The molecule has 0 radical (unpaired) electrons. The number of aliphatic imine (C=N–C) groups is 1. The Labute approximate surface area is 155 Å². The van der Waals surface area contributed by atoms with Crippen LogP contribution in [-0.4, -0.2) is 66.1 Å². The van der Waals surface area contributed by atoms with E-state index in [9.17, 15) is 0 Å². The van der Waals surface area contributed by atoms with Gasteiger partial charge in [-0.3, -0.25) is 14.6 Å². The van der Waals surface area contributed by atoms with Crippen LogP contribution >= 0.6 is 24.0 Å². The van der Waals surface area contributed by atoms with Crippen LogP contribution in [0.15, 0.2) is 17.3 Å². The summed E-state index contributed by atoms with van der Waals surface area (Å²) >= 11 is 0. The normalized spacial score (nSPS) is 16.8. The van der Waals surface area contributed by atoms with Gasteiger partial charge in [-0.25, -0.2) is 0 Å². The van der Waals surface area contributed by atoms with Crippen LogP contribution in [0.2, 0.25) is 0 Å². The Hall–Kier alpha value is -0.870. The van der Waals surface area contributed by atoms with E-state index >= 15 is 0 Å². The first kappa shape index (κ1) is 20.2. The van der Waals surface area contributed by atoms with Gasteiger partial charge in [0, 0.05) is 45.5 Å². The van der Waals surface area contributed by atoms with Gasteiger partial charge in [0.1, 0.15) is 0 Å². The molecule has 1 saturated heterocycles. The van der Waals surface area contributed by atoms with Crippen molar-refractivity contribution in [1.29, 1.82) is 0 Å². The Morgan fingerprint density at radius 1 is 1.35 bits per heavy atom. The minimum absolute atomic E-state index is 0. The van der Waals surface area contributed by atoms with E-state index in [1.54, 1.807) is 13.2 Å². The number of aryl methyl sites for hydroxylation is 1. The minimum Gasteiger partial charge on any atom is -0.379 e. The van der Waals surface area contributed by atoms with Crippen LogP contribution in [0.3, 0.4) is 0 Å². The highest BCUT2D eigenvalue weighted by Crippen LogP contribution is 2.14. The molecule has 0 spiro atoms. The second-order valence-corrected chi connectivity index (χ2v) is 6.14. The number of nitrogens with one attached hydrogen (secondary N) is 2. The zero-order valence-electron chi connectivity index (χ0n) is 14.5. The summed E-state index contributed by atoms with van der Waals surface area (Å²) in [5, 5.41) is 10.9. The van der Waals surface area contributed by atoms with E-state index in [2.05, 4.69) is 39.5 Å². The molecular formula is C15H29IN6O. The Morgan fingerprint density at radius 2 is 2.04 bits per heavy atom. The lowest BCUT2D eigenvalue weighted by Crippen LogP contribution is -2.56. The standard InChI is InChI=1S/C15H28N6O.HI/c1-15(2,21-7-9-22-10-8-21)12-18-14(16-3)17-11-13-5-6-19-20(13)4;/h5-6H,7-12H2,1-4H3,(H2,16,17,18);1H. The number of halogens is 1. The van der Waals surface area contributed by atoms with Crippen LogP contribution in [0, 0.1) is 0 Å². The molecule has 1 fully saturated rings. The third-order valence-electron chi connectivity index (χ3n) is 4.14. The van der Waals surface area contributed by atoms with Gasteiger partial charge in [0.25, 0.3) is 0 Å². The van der Waals surface area contributed by atoms with Crippen LogP contribution < -0.4 is 10.6 Å². The third kappa shape index (κ3) is 5.92. The van der Waals surface area contributed by atoms with Crippen molar-refractivity contribution in [2.45, 2.75) is 25.9 Å². The number of guanidine groups is 1. The summed E-state index contributed by atoms with van der Waals surface area (Å²) in [5.41, 5.74) is 1.18. The van der Waals surface area contributed by atoms with Gasteiger partial charge in [-0.05, 0) is 19.9 Å². The summed E-state index contributed by atoms with van der Waals surface area (Å²) < 4.78 is 7.29. The first-order chi connectivity index (χ1) is 10.5. The monoisotopic (exact) mass is 436 g/mol. The highest BCUT2D eigenvalue weighted by Gasteiger charge is 2.28. The smallest absolute Gasteiger partial charge is 0.191 e. The Balaban J connectivity index is 0.00000264. The van der Waals surface area contributed by atoms with E-state index in [1.807, 2.05) is 17.8 Å². The largest absolute Gasteiger partial charge is 0.379 e. The number of hydrogen-bond acceptors (Lipinski definition) is 4. The topological polar surface area (TPSA) is 66.7 Å². The van der Waals surface area contributed by atoms with Gasteiger partial charge in [0.05, 0.1) is 25.5 Å². The molecule has 1 aliphatic heterocycles. The summed E-state index contributed by atoms with van der Waals surface area (Å²) in [6.45, 7) is 9.63. The van der Waals surface area contributed by atoms with E-state index < -0.39 is 0 Å². The maximum absolute atomic E-state index is 5.43. The predicted molar refractivity (Wildman–Crippen MR) is 103 cm³/mol. The Bertz CT molecular complexity index is 496. The summed E-state index contributed by atoms with van der Waals surface area (Å²) in [7, 11) is 3.73.